The minimum atomic E-state index is 0.361. The molecule has 2 rings (SSSR count). The normalized spacial score (nSPS) is 28.6. The van der Waals surface area contributed by atoms with E-state index in [2.05, 4.69) is 52.1 Å². The van der Waals surface area contributed by atoms with Crippen LogP contribution < -0.4 is 0 Å². The second-order valence-corrected chi connectivity index (χ2v) is 12.8. The molecule has 0 aromatic carbocycles. The third-order valence-corrected chi connectivity index (χ3v) is 9.89. The van der Waals surface area contributed by atoms with Crippen molar-refractivity contribution < 1.29 is 0 Å². The zero-order valence-corrected chi connectivity index (χ0v) is 25.1. The zero-order valence-electron chi connectivity index (χ0n) is 25.1. The monoisotopic (exact) mass is 497 g/mol. The van der Waals surface area contributed by atoms with Crippen LogP contribution in [0.15, 0.2) is 24.4 Å². The summed E-state index contributed by atoms with van der Waals surface area (Å²) in [5.41, 5.74) is 2.23. The molecule has 36 heavy (non-hydrogen) atoms. The summed E-state index contributed by atoms with van der Waals surface area (Å²) in [5.74, 6) is 0.587. The van der Waals surface area contributed by atoms with Crippen molar-refractivity contribution in [2.75, 3.05) is 0 Å². The maximum atomic E-state index is 5.05. The van der Waals surface area contributed by atoms with E-state index in [1.54, 1.807) is 0 Å². The van der Waals surface area contributed by atoms with Crippen molar-refractivity contribution in [2.45, 2.75) is 181 Å². The molecule has 1 aliphatic rings. The molecule has 1 fully saturated rings. The average Bonchev–Trinajstić information content (AvgIpc) is 2.91. The van der Waals surface area contributed by atoms with E-state index >= 15 is 0 Å². The fourth-order valence-electron chi connectivity index (χ4n) is 7.13. The van der Waals surface area contributed by atoms with Crippen LogP contribution in [0.2, 0.25) is 0 Å². The summed E-state index contributed by atoms with van der Waals surface area (Å²) in [7, 11) is 0. The molecule has 1 aromatic heterocycles. The van der Waals surface area contributed by atoms with E-state index in [1.807, 2.05) is 0 Å². The lowest BCUT2D eigenvalue weighted by atomic mass is 9.60. The third kappa shape index (κ3) is 11.3. The highest BCUT2D eigenvalue weighted by atomic mass is 14.7. The van der Waals surface area contributed by atoms with Gasteiger partial charge in [0.15, 0.2) is 0 Å². The van der Waals surface area contributed by atoms with Crippen LogP contribution in [0.4, 0.5) is 0 Å². The highest BCUT2D eigenvalue weighted by molar-refractivity contribution is 5.15. The molecule has 1 aromatic rings. The fourth-order valence-corrected chi connectivity index (χ4v) is 7.13. The Labute approximate surface area is 227 Å². The third-order valence-electron chi connectivity index (χ3n) is 9.89. The lowest BCUT2D eigenvalue weighted by molar-refractivity contribution is 0.106. The van der Waals surface area contributed by atoms with Gasteiger partial charge in [0.25, 0.3) is 0 Å². The van der Waals surface area contributed by atoms with Gasteiger partial charge in [-0.15, -0.1) is 0 Å². The van der Waals surface area contributed by atoms with E-state index in [4.69, 9.17) is 4.98 Å². The first kappa shape index (κ1) is 31.4. The fraction of sp³-hybridized carbons (Fsp3) is 0.857. The molecule has 3 atom stereocenters. The van der Waals surface area contributed by atoms with Gasteiger partial charge in [-0.3, -0.25) is 4.98 Å². The molecule has 1 nitrogen and oxygen atoms in total. The summed E-state index contributed by atoms with van der Waals surface area (Å²) in [6.45, 7) is 9.92. The molecule has 1 saturated carbocycles. The van der Waals surface area contributed by atoms with E-state index in [9.17, 15) is 0 Å². The number of hydrogen-bond acceptors (Lipinski definition) is 1. The lowest BCUT2D eigenvalue weighted by Gasteiger charge is -2.44. The molecule has 0 N–H and O–H groups in total. The van der Waals surface area contributed by atoms with Crippen molar-refractivity contribution >= 4 is 0 Å². The van der Waals surface area contributed by atoms with E-state index in [0.717, 1.165) is 0 Å². The van der Waals surface area contributed by atoms with Gasteiger partial charge >= 0.3 is 0 Å². The molecule has 0 spiro atoms. The largest absolute Gasteiger partial charge is 0.261 e. The summed E-state index contributed by atoms with van der Waals surface area (Å²) in [6.07, 6.45) is 34.5. The Hall–Kier alpha value is -0.850. The molecular formula is C35H63N. The number of unbranched alkanes of at least 4 members (excludes halogenated alkanes) is 2. The second-order valence-electron chi connectivity index (χ2n) is 12.8. The summed E-state index contributed by atoms with van der Waals surface area (Å²) in [6, 6.07) is 6.72. The summed E-state index contributed by atoms with van der Waals surface area (Å²) in [5, 5.41) is 0. The van der Waals surface area contributed by atoms with Crippen LogP contribution in [0, 0.1) is 10.8 Å². The highest BCUT2D eigenvalue weighted by Crippen LogP contribution is 2.52. The predicted octanol–water partition coefficient (Wildman–Crippen LogP) is 12.2. The Morgan fingerprint density at radius 2 is 1.22 bits per heavy atom. The van der Waals surface area contributed by atoms with Crippen LogP contribution in [0.25, 0.3) is 0 Å². The first-order valence-corrected chi connectivity index (χ1v) is 16.5. The van der Waals surface area contributed by atoms with Gasteiger partial charge in [-0.1, -0.05) is 149 Å². The van der Waals surface area contributed by atoms with Crippen LogP contribution in [0.3, 0.4) is 0 Å². The number of pyridine rings is 1. The van der Waals surface area contributed by atoms with Crippen molar-refractivity contribution in [1.82, 2.24) is 4.98 Å². The minimum Gasteiger partial charge on any atom is -0.261 e. The highest BCUT2D eigenvalue weighted by Gasteiger charge is 2.40. The van der Waals surface area contributed by atoms with Crippen LogP contribution in [0.1, 0.15) is 187 Å². The van der Waals surface area contributed by atoms with E-state index in [-0.39, 0.29) is 0 Å². The van der Waals surface area contributed by atoms with Gasteiger partial charge in [-0.2, -0.15) is 0 Å². The quantitative estimate of drug-likeness (QED) is 0.348. The average molecular weight is 498 g/mol. The molecular weight excluding hydrogens is 434 g/mol. The maximum Gasteiger partial charge on any atom is 0.0440 e. The van der Waals surface area contributed by atoms with Crippen molar-refractivity contribution in [3.05, 3.63) is 30.1 Å². The Bertz CT molecular complexity index is 639. The van der Waals surface area contributed by atoms with E-state index in [1.165, 1.54) is 153 Å². The van der Waals surface area contributed by atoms with Crippen LogP contribution in [0.5, 0.6) is 0 Å². The van der Waals surface area contributed by atoms with Crippen LogP contribution >= 0.6 is 0 Å². The first-order chi connectivity index (χ1) is 17.6. The molecule has 0 amide bonds. The Kier molecular flexibility index (Phi) is 16.0. The number of rotatable bonds is 8. The smallest absolute Gasteiger partial charge is 0.0440 e. The Morgan fingerprint density at radius 3 is 1.72 bits per heavy atom. The molecule has 3 unspecified atom stereocenters. The summed E-state index contributed by atoms with van der Waals surface area (Å²) < 4.78 is 0. The van der Waals surface area contributed by atoms with Crippen molar-refractivity contribution in [3.63, 3.8) is 0 Å². The van der Waals surface area contributed by atoms with E-state index < -0.39 is 0 Å². The molecule has 0 bridgehead atoms. The number of hydrogen-bond donors (Lipinski definition) is 0. The van der Waals surface area contributed by atoms with Gasteiger partial charge in [-0.05, 0) is 55.1 Å². The molecule has 0 saturated heterocycles. The summed E-state index contributed by atoms with van der Waals surface area (Å²) in [4.78, 5) is 5.05. The molecule has 0 radical (unpaired) electrons. The van der Waals surface area contributed by atoms with Crippen molar-refractivity contribution in [2.24, 2.45) is 10.8 Å². The molecule has 0 aliphatic heterocycles. The Morgan fingerprint density at radius 1 is 0.694 bits per heavy atom. The SMILES string of the molecule is CCCCC1(CC)CCCCCCCCCCCCCCCC(C)(CCCC)C(c2ccccn2)C1. The number of aromatic nitrogens is 1. The van der Waals surface area contributed by atoms with Crippen molar-refractivity contribution in [3.8, 4) is 0 Å². The van der Waals surface area contributed by atoms with Gasteiger partial charge in [-0.25, -0.2) is 0 Å². The second kappa shape index (κ2) is 18.4. The summed E-state index contributed by atoms with van der Waals surface area (Å²) >= 11 is 0. The standard InChI is InChI=1S/C35H63N/c1-5-8-26-34(4)27-22-19-17-15-13-11-10-12-14-16-18-20-23-29-35(7-3,28-9-6-2)31-32(34)33-25-21-24-30-36-33/h21,24-25,30,32H,5-20,22-23,26-29,31H2,1-4H3. The molecule has 1 heteroatoms. The molecule has 1 heterocycles. The van der Waals surface area contributed by atoms with E-state index in [0.29, 0.717) is 16.7 Å². The Balaban J connectivity index is 2.34. The van der Waals surface area contributed by atoms with Gasteiger partial charge in [0.05, 0.1) is 0 Å². The number of nitrogens with zero attached hydrogens (tertiary/aromatic N) is 1. The minimum absolute atomic E-state index is 0.361. The van der Waals surface area contributed by atoms with Crippen LogP contribution in [-0.2, 0) is 0 Å². The zero-order chi connectivity index (χ0) is 26.0. The van der Waals surface area contributed by atoms with Gasteiger partial charge in [0, 0.05) is 17.8 Å². The topological polar surface area (TPSA) is 12.9 Å². The first-order valence-electron chi connectivity index (χ1n) is 16.5. The molecule has 208 valence electrons. The maximum absolute atomic E-state index is 5.05. The lowest BCUT2D eigenvalue weighted by Crippen LogP contribution is -2.33. The van der Waals surface area contributed by atoms with Gasteiger partial charge in [0.1, 0.15) is 0 Å². The van der Waals surface area contributed by atoms with Gasteiger partial charge in [0.2, 0.25) is 0 Å². The van der Waals surface area contributed by atoms with Gasteiger partial charge < -0.3 is 0 Å². The molecule has 1 aliphatic carbocycles. The van der Waals surface area contributed by atoms with Crippen LogP contribution in [-0.4, -0.2) is 4.98 Å². The van der Waals surface area contributed by atoms with Crippen molar-refractivity contribution in [1.29, 1.82) is 0 Å². The predicted molar refractivity (Wildman–Crippen MR) is 161 cm³/mol.